The summed E-state index contributed by atoms with van der Waals surface area (Å²) in [5, 5.41) is 2.72. The van der Waals surface area contributed by atoms with Crippen LogP contribution >= 0.6 is 11.6 Å². The first-order valence-electron chi connectivity index (χ1n) is 12.1. The smallest absolute Gasteiger partial charge is 0.194 e. The summed E-state index contributed by atoms with van der Waals surface area (Å²) in [6, 6.07) is 21.6. The van der Waals surface area contributed by atoms with E-state index < -0.39 is 0 Å². The molecule has 6 rings (SSSR count). The monoisotopic (exact) mass is 483 g/mol. The Morgan fingerprint density at radius 1 is 0.886 bits per heavy atom. The minimum atomic E-state index is 0.0351. The van der Waals surface area contributed by atoms with Crippen molar-refractivity contribution in [1.82, 2.24) is 9.88 Å². The lowest BCUT2D eigenvalue weighted by molar-refractivity contribution is 0.103. The standard InChI is InChI=1S/C29H26ClN3O2/c30-25-8-3-4-9-26(25)33-15-13-32(14-16-33)12-5-17-35-21-18-20-10-11-31-28-22-6-1-2-7-23(22)29(34)24(19-21)27(20)28/h1-4,6-11,18-19H,5,12-17H2. The van der Waals surface area contributed by atoms with Crippen LogP contribution in [0.1, 0.15) is 22.3 Å². The molecular weight excluding hydrogens is 458 g/mol. The zero-order valence-corrected chi connectivity index (χ0v) is 20.2. The van der Waals surface area contributed by atoms with Crippen LogP contribution in [-0.2, 0) is 0 Å². The number of para-hydroxylation sites is 1. The molecule has 1 aliphatic carbocycles. The predicted octanol–water partition coefficient (Wildman–Crippen LogP) is 5.69. The summed E-state index contributed by atoms with van der Waals surface area (Å²) in [6.45, 7) is 5.55. The van der Waals surface area contributed by atoms with Crippen molar-refractivity contribution >= 4 is 33.8 Å². The molecule has 5 nitrogen and oxygen atoms in total. The molecule has 2 heterocycles. The Morgan fingerprint density at radius 2 is 1.66 bits per heavy atom. The Bertz CT molecular complexity index is 1410. The lowest BCUT2D eigenvalue weighted by Crippen LogP contribution is -2.46. The fourth-order valence-corrected chi connectivity index (χ4v) is 5.44. The number of benzene rings is 3. The summed E-state index contributed by atoms with van der Waals surface area (Å²) in [4.78, 5) is 22.6. The van der Waals surface area contributed by atoms with Crippen LogP contribution in [0.15, 0.2) is 72.9 Å². The molecular formula is C29H26ClN3O2. The average molecular weight is 484 g/mol. The number of halogens is 1. The van der Waals surface area contributed by atoms with Crippen LogP contribution in [0.2, 0.25) is 5.02 Å². The molecule has 0 radical (unpaired) electrons. The third-order valence-electron chi connectivity index (χ3n) is 6.96. The first-order chi connectivity index (χ1) is 17.2. The molecule has 0 spiro atoms. The molecule has 0 saturated carbocycles. The van der Waals surface area contributed by atoms with Crippen molar-refractivity contribution in [3.8, 4) is 17.0 Å². The maximum atomic E-state index is 13.2. The Labute approximate surface area is 209 Å². The summed E-state index contributed by atoms with van der Waals surface area (Å²) in [5.41, 5.74) is 4.27. The Hall–Kier alpha value is -3.41. The molecule has 0 atom stereocenters. The maximum Gasteiger partial charge on any atom is 0.194 e. The number of ether oxygens (including phenoxy) is 1. The molecule has 0 amide bonds. The van der Waals surface area contributed by atoms with Gasteiger partial charge in [0.05, 0.1) is 23.0 Å². The molecule has 2 aliphatic rings. The van der Waals surface area contributed by atoms with E-state index in [-0.39, 0.29) is 5.78 Å². The normalized spacial score (nSPS) is 15.3. The van der Waals surface area contributed by atoms with E-state index in [1.807, 2.05) is 60.7 Å². The van der Waals surface area contributed by atoms with E-state index in [0.29, 0.717) is 17.7 Å². The van der Waals surface area contributed by atoms with Gasteiger partial charge in [-0.2, -0.15) is 0 Å². The fourth-order valence-electron chi connectivity index (χ4n) is 5.19. The first-order valence-corrected chi connectivity index (χ1v) is 12.5. The van der Waals surface area contributed by atoms with E-state index in [1.165, 1.54) is 0 Å². The van der Waals surface area contributed by atoms with Gasteiger partial charge in [-0.1, -0.05) is 48.0 Å². The van der Waals surface area contributed by atoms with Gasteiger partial charge in [0.15, 0.2) is 5.78 Å². The summed E-state index contributed by atoms with van der Waals surface area (Å²) in [6.07, 6.45) is 2.73. The number of carbonyl (C=O) groups excluding carboxylic acids is 1. The largest absolute Gasteiger partial charge is 0.494 e. The summed E-state index contributed by atoms with van der Waals surface area (Å²) in [7, 11) is 0. The van der Waals surface area contributed by atoms with Crippen LogP contribution < -0.4 is 9.64 Å². The highest BCUT2D eigenvalue weighted by Crippen LogP contribution is 2.39. The number of pyridine rings is 1. The molecule has 6 heteroatoms. The molecule has 1 aliphatic heterocycles. The second-order valence-electron chi connectivity index (χ2n) is 9.09. The van der Waals surface area contributed by atoms with Crippen LogP contribution in [0, 0.1) is 0 Å². The minimum Gasteiger partial charge on any atom is -0.494 e. The fraction of sp³-hybridized carbons (Fsp3) is 0.241. The molecule has 1 saturated heterocycles. The van der Waals surface area contributed by atoms with Crippen molar-refractivity contribution in [3.05, 3.63) is 89.1 Å². The third-order valence-corrected chi connectivity index (χ3v) is 7.28. The van der Waals surface area contributed by atoms with Gasteiger partial charge in [0, 0.05) is 61.0 Å². The van der Waals surface area contributed by atoms with Crippen molar-refractivity contribution in [1.29, 1.82) is 0 Å². The molecule has 35 heavy (non-hydrogen) atoms. The number of hydrogen-bond donors (Lipinski definition) is 0. The van der Waals surface area contributed by atoms with Gasteiger partial charge in [0.2, 0.25) is 0 Å². The highest BCUT2D eigenvalue weighted by molar-refractivity contribution is 6.33. The van der Waals surface area contributed by atoms with Gasteiger partial charge in [-0.05, 0) is 42.1 Å². The van der Waals surface area contributed by atoms with Crippen molar-refractivity contribution in [3.63, 3.8) is 0 Å². The number of ketones is 1. The summed E-state index contributed by atoms with van der Waals surface area (Å²) >= 11 is 6.36. The van der Waals surface area contributed by atoms with Gasteiger partial charge >= 0.3 is 0 Å². The topological polar surface area (TPSA) is 45.7 Å². The number of carbonyl (C=O) groups is 1. The third kappa shape index (κ3) is 4.15. The molecule has 3 aromatic carbocycles. The molecule has 176 valence electrons. The molecule has 1 fully saturated rings. The Balaban J connectivity index is 1.09. The summed E-state index contributed by atoms with van der Waals surface area (Å²) in [5.74, 6) is 0.772. The highest BCUT2D eigenvalue weighted by atomic mass is 35.5. The number of anilines is 1. The van der Waals surface area contributed by atoms with E-state index in [4.69, 9.17) is 16.3 Å². The van der Waals surface area contributed by atoms with Crippen molar-refractivity contribution < 1.29 is 9.53 Å². The quantitative estimate of drug-likeness (QED) is 0.290. The number of hydrogen-bond acceptors (Lipinski definition) is 5. The zero-order valence-electron chi connectivity index (χ0n) is 19.4. The van der Waals surface area contributed by atoms with Crippen LogP contribution in [0.25, 0.3) is 22.0 Å². The van der Waals surface area contributed by atoms with Gasteiger partial charge in [-0.3, -0.25) is 14.7 Å². The lowest BCUT2D eigenvalue weighted by Gasteiger charge is -2.36. The molecule has 0 N–H and O–H groups in total. The van der Waals surface area contributed by atoms with Crippen molar-refractivity contribution in [2.45, 2.75) is 6.42 Å². The average Bonchev–Trinajstić information content (AvgIpc) is 2.90. The first kappa shape index (κ1) is 22.1. The number of nitrogens with zero attached hydrogens (tertiary/aromatic N) is 3. The van der Waals surface area contributed by atoms with E-state index in [9.17, 15) is 4.79 Å². The van der Waals surface area contributed by atoms with Gasteiger partial charge in [-0.15, -0.1) is 0 Å². The van der Waals surface area contributed by atoms with E-state index >= 15 is 0 Å². The van der Waals surface area contributed by atoms with Gasteiger partial charge in [-0.25, -0.2) is 0 Å². The van der Waals surface area contributed by atoms with Crippen LogP contribution in [0.4, 0.5) is 5.69 Å². The molecule has 0 bridgehead atoms. The van der Waals surface area contributed by atoms with Gasteiger partial charge < -0.3 is 9.64 Å². The minimum absolute atomic E-state index is 0.0351. The number of fused-ring (bicyclic) bond motifs is 2. The van der Waals surface area contributed by atoms with Crippen LogP contribution in [0.5, 0.6) is 5.75 Å². The van der Waals surface area contributed by atoms with Gasteiger partial charge in [0.25, 0.3) is 0 Å². The van der Waals surface area contributed by atoms with E-state index in [1.54, 1.807) is 6.20 Å². The molecule has 0 unspecified atom stereocenters. The Kier molecular flexibility index (Phi) is 5.88. The SMILES string of the molecule is O=C1c2ccccc2-c2nccc3cc(OCCCN4CCN(c5ccccc5Cl)CC4)cc1c23. The second-order valence-corrected chi connectivity index (χ2v) is 9.49. The van der Waals surface area contributed by atoms with E-state index in [0.717, 1.165) is 77.6 Å². The Morgan fingerprint density at radius 3 is 2.49 bits per heavy atom. The second kappa shape index (κ2) is 9.33. The molecule has 4 aromatic rings. The number of rotatable bonds is 6. The predicted molar refractivity (Wildman–Crippen MR) is 141 cm³/mol. The van der Waals surface area contributed by atoms with Crippen molar-refractivity contribution in [2.75, 3.05) is 44.2 Å². The van der Waals surface area contributed by atoms with Gasteiger partial charge in [0.1, 0.15) is 5.75 Å². The van der Waals surface area contributed by atoms with Crippen LogP contribution in [-0.4, -0.2) is 55.0 Å². The van der Waals surface area contributed by atoms with Crippen molar-refractivity contribution in [2.24, 2.45) is 0 Å². The number of piperazine rings is 1. The maximum absolute atomic E-state index is 13.2. The highest BCUT2D eigenvalue weighted by Gasteiger charge is 2.26. The number of aromatic nitrogens is 1. The summed E-state index contributed by atoms with van der Waals surface area (Å²) < 4.78 is 6.13. The van der Waals surface area contributed by atoms with E-state index in [2.05, 4.69) is 20.9 Å². The zero-order chi connectivity index (χ0) is 23.8. The molecule has 1 aromatic heterocycles. The lowest BCUT2D eigenvalue weighted by atomic mass is 9.85. The van der Waals surface area contributed by atoms with Crippen LogP contribution in [0.3, 0.4) is 0 Å².